The smallest absolute Gasteiger partial charge is 0.265 e. The largest absolute Gasteiger partial charge is 0.481 e. The molecule has 22 heavy (non-hydrogen) atoms. The molecule has 0 spiro atoms. The van der Waals surface area contributed by atoms with Crippen LogP contribution in [0.2, 0.25) is 0 Å². The van der Waals surface area contributed by atoms with E-state index in [9.17, 15) is 22.4 Å². The topological polar surface area (TPSA) is 38.3 Å². The van der Waals surface area contributed by atoms with Gasteiger partial charge in [-0.15, -0.1) is 0 Å². The van der Waals surface area contributed by atoms with Crippen LogP contribution in [0, 0.1) is 23.3 Å². The third-order valence-electron chi connectivity index (χ3n) is 2.76. The van der Waals surface area contributed by atoms with Crippen molar-refractivity contribution in [3.05, 3.63) is 59.7 Å². The molecule has 116 valence electrons. The van der Waals surface area contributed by atoms with Gasteiger partial charge in [0.15, 0.2) is 29.4 Å². The monoisotopic (exact) mass is 313 g/mol. The average molecular weight is 313 g/mol. The number of rotatable bonds is 4. The Bertz CT molecular complexity index is 706. The fraction of sp³-hybridized carbons (Fsp3) is 0.133. The summed E-state index contributed by atoms with van der Waals surface area (Å²) in [5.74, 6) is -4.98. The minimum atomic E-state index is -1.11. The summed E-state index contributed by atoms with van der Waals surface area (Å²) >= 11 is 0. The first-order valence-corrected chi connectivity index (χ1v) is 6.24. The number of halogens is 4. The average Bonchev–Trinajstić information content (AvgIpc) is 2.46. The number of ether oxygens (including phenoxy) is 1. The molecule has 0 aliphatic rings. The van der Waals surface area contributed by atoms with Crippen molar-refractivity contribution < 1.29 is 27.1 Å². The van der Waals surface area contributed by atoms with Crippen molar-refractivity contribution in [2.45, 2.75) is 13.0 Å². The lowest BCUT2D eigenvalue weighted by Gasteiger charge is -2.15. The van der Waals surface area contributed by atoms with Crippen molar-refractivity contribution in [1.29, 1.82) is 0 Å². The van der Waals surface area contributed by atoms with Gasteiger partial charge in [0.2, 0.25) is 0 Å². The summed E-state index contributed by atoms with van der Waals surface area (Å²) in [7, 11) is 0. The lowest BCUT2D eigenvalue weighted by atomic mass is 10.2. The molecule has 2 aromatic rings. The molecular weight excluding hydrogens is 302 g/mol. The van der Waals surface area contributed by atoms with Gasteiger partial charge in [0, 0.05) is 17.8 Å². The molecule has 0 saturated carbocycles. The fourth-order valence-electron chi connectivity index (χ4n) is 1.63. The molecule has 3 nitrogen and oxygen atoms in total. The maximum Gasteiger partial charge on any atom is 0.265 e. The maximum atomic E-state index is 13.0. The Morgan fingerprint density at radius 1 is 0.955 bits per heavy atom. The van der Waals surface area contributed by atoms with Gasteiger partial charge in [-0.05, 0) is 31.2 Å². The standard InChI is InChI=1S/C15H11F4NO2/c1-8(22-10-3-5-12(17)14(19)7-10)15(21)20-9-2-4-11(16)13(18)6-9/h2-8H,1H3,(H,20,21). The second-order valence-electron chi connectivity index (χ2n) is 4.45. The zero-order valence-electron chi connectivity index (χ0n) is 11.4. The Hall–Kier alpha value is -2.57. The summed E-state index contributed by atoms with van der Waals surface area (Å²) in [6.45, 7) is 1.37. The molecule has 0 radical (unpaired) electrons. The predicted octanol–water partition coefficient (Wildman–Crippen LogP) is 3.65. The van der Waals surface area contributed by atoms with E-state index in [0.717, 1.165) is 24.3 Å². The molecule has 0 fully saturated rings. The Morgan fingerprint density at radius 2 is 1.55 bits per heavy atom. The van der Waals surface area contributed by atoms with Crippen LogP contribution in [0.3, 0.4) is 0 Å². The van der Waals surface area contributed by atoms with E-state index in [1.165, 1.54) is 19.1 Å². The minimum absolute atomic E-state index is 0.0353. The number of nitrogens with one attached hydrogen (secondary N) is 1. The molecule has 1 amide bonds. The number of amides is 1. The van der Waals surface area contributed by atoms with Crippen LogP contribution in [0.4, 0.5) is 23.2 Å². The lowest BCUT2D eigenvalue weighted by Crippen LogP contribution is -2.30. The van der Waals surface area contributed by atoms with Crippen molar-refractivity contribution in [3.8, 4) is 5.75 Å². The molecule has 2 rings (SSSR count). The molecule has 2 aromatic carbocycles. The summed E-state index contributed by atoms with van der Waals surface area (Å²) in [5.41, 5.74) is 0.0460. The van der Waals surface area contributed by atoms with Gasteiger partial charge >= 0.3 is 0 Å². The van der Waals surface area contributed by atoms with Crippen LogP contribution in [0.5, 0.6) is 5.75 Å². The zero-order chi connectivity index (χ0) is 16.3. The normalized spacial score (nSPS) is 11.9. The van der Waals surface area contributed by atoms with E-state index in [4.69, 9.17) is 4.74 Å². The van der Waals surface area contributed by atoms with Crippen molar-refractivity contribution in [3.63, 3.8) is 0 Å². The Labute approximate surface area is 123 Å². The molecule has 0 aliphatic carbocycles. The number of carbonyl (C=O) groups excluding carboxylic acids is 1. The van der Waals surface area contributed by atoms with Gasteiger partial charge in [0.25, 0.3) is 5.91 Å². The molecule has 1 N–H and O–H groups in total. The van der Waals surface area contributed by atoms with E-state index < -0.39 is 35.3 Å². The Balaban J connectivity index is 2.02. The lowest BCUT2D eigenvalue weighted by molar-refractivity contribution is -0.122. The number of hydrogen-bond acceptors (Lipinski definition) is 2. The first-order chi connectivity index (χ1) is 10.4. The Morgan fingerprint density at radius 3 is 2.14 bits per heavy atom. The molecule has 0 heterocycles. The number of anilines is 1. The molecule has 0 saturated heterocycles. The summed E-state index contributed by atoms with van der Waals surface area (Å²) in [6.07, 6.45) is -1.06. The second-order valence-corrected chi connectivity index (χ2v) is 4.45. The van der Waals surface area contributed by atoms with Crippen molar-refractivity contribution in [1.82, 2.24) is 0 Å². The molecule has 7 heteroatoms. The van der Waals surface area contributed by atoms with Crippen LogP contribution in [0.1, 0.15) is 6.92 Å². The van der Waals surface area contributed by atoms with Gasteiger partial charge in [-0.3, -0.25) is 4.79 Å². The van der Waals surface area contributed by atoms with Crippen LogP contribution < -0.4 is 10.1 Å². The van der Waals surface area contributed by atoms with Gasteiger partial charge in [-0.1, -0.05) is 0 Å². The summed E-state index contributed by atoms with van der Waals surface area (Å²) in [4.78, 5) is 11.8. The van der Waals surface area contributed by atoms with Crippen LogP contribution in [0.25, 0.3) is 0 Å². The van der Waals surface area contributed by atoms with E-state index >= 15 is 0 Å². The third kappa shape index (κ3) is 3.75. The Kier molecular flexibility index (Phi) is 4.65. The van der Waals surface area contributed by atoms with Gasteiger partial charge in [-0.25, -0.2) is 17.6 Å². The van der Waals surface area contributed by atoms with Gasteiger partial charge < -0.3 is 10.1 Å². The van der Waals surface area contributed by atoms with E-state index in [0.29, 0.717) is 0 Å². The maximum absolute atomic E-state index is 13.0. The molecule has 0 aromatic heterocycles. The SMILES string of the molecule is CC(Oc1ccc(F)c(F)c1)C(=O)Nc1ccc(F)c(F)c1. The zero-order valence-corrected chi connectivity index (χ0v) is 11.4. The molecule has 0 aliphatic heterocycles. The molecule has 1 atom stereocenters. The number of carbonyl (C=O) groups is 1. The number of benzene rings is 2. The minimum Gasteiger partial charge on any atom is -0.481 e. The van der Waals surface area contributed by atoms with Crippen LogP contribution in [0.15, 0.2) is 36.4 Å². The van der Waals surface area contributed by atoms with E-state index in [1.54, 1.807) is 0 Å². The van der Waals surface area contributed by atoms with Gasteiger partial charge in [0.1, 0.15) is 5.75 Å². The second kappa shape index (κ2) is 6.46. The third-order valence-corrected chi connectivity index (χ3v) is 2.76. The van der Waals surface area contributed by atoms with Crippen LogP contribution >= 0.6 is 0 Å². The first kappa shape index (κ1) is 15.8. The van der Waals surface area contributed by atoms with Gasteiger partial charge in [0.05, 0.1) is 0 Å². The van der Waals surface area contributed by atoms with E-state index in [2.05, 4.69) is 5.32 Å². The van der Waals surface area contributed by atoms with Crippen molar-refractivity contribution in [2.24, 2.45) is 0 Å². The predicted molar refractivity (Wildman–Crippen MR) is 71.4 cm³/mol. The van der Waals surface area contributed by atoms with Crippen molar-refractivity contribution >= 4 is 11.6 Å². The highest BCUT2D eigenvalue weighted by Gasteiger charge is 2.16. The van der Waals surface area contributed by atoms with Gasteiger partial charge in [-0.2, -0.15) is 0 Å². The van der Waals surface area contributed by atoms with E-state index in [1.807, 2.05) is 0 Å². The quantitative estimate of drug-likeness (QED) is 0.875. The summed E-state index contributed by atoms with van der Waals surface area (Å²) in [6, 6.07) is 5.70. The van der Waals surface area contributed by atoms with Crippen LogP contribution in [-0.2, 0) is 4.79 Å². The highest BCUT2D eigenvalue weighted by atomic mass is 19.2. The first-order valence-electron chi connectivity index (χ1n) is 6.24. The highest BCUT2D eigenvalue weighted by molar-refractivity contribution is 5.94. The molecular formula is C15H11F4NO2. The highest BCUT2D eigenvalue weighted by Crippen LogP contribution is 2.18. The number of hydrogen-bond donors (Lipinski definition) is 1. The van der Waals surface area contributed by atoms with Crippen molar-refractivity contribution in [2.75, 3.05) is 5.32 Å². The molecule has 1 unspecified atom stereocenters. The molecule has 0 bridgehead atoms. The van der Waals surface area contributed by atoms with E-state index in [-0.39, 0.29) is 11.4 Å². The fourth-order valence-corrected chi connectivity index (χ4v) is 1.63. The summed E-state index contributed by atoms with van der Waals surface area (Å²) < 4.78 is 56.8. The van der Waals surface area contributed by atoms with Crippen LogP contribution in [-0.4, -0.2) is 12.0 Å². The summed E-state index contributed by atoms with van der Waals surface area (Å²) in [5, 5.41) is 2.32.